The number of benzene rings is 1. The minimum absolute atomic E-state index is 0.0664. The summed E-state index contributed by atoms with van der Waals surface area (Å²) >= 11 is 0. The highest BCUT2D eigenvalue weighted by Gasteiger charge is 2.18. The third-order valence-electron chi connectivity index (χ3n) is 4.33. The maximum atomic E-state index is 12.1. The molecule has 1 aliphatic rings. The number of nitrogens with zero attached hydrogens (tertiary/aromatic N) is 1. The Kier molecular flexibility index (Phi) is 7.49. The second-order valence-corrected chi connectivity index (χ2v) is 6.32. The molecular weight excluding hydrogens is 306 g/mol. The lowest BCUT2D eigenvalue weighted by Crippen LogP contribution is -2.38. The van der Waals surface area contributed by atoms with E-state index in [0.717, 1.165) is 37.2 Å². The molecule has 1 aliphatic heterocycles. The Labute approximate surface area is 144 Å². The topological polar surface area (TPSA) is 62.8 Å². The number of likely N-dealkylation sites (N-methyl/N-ethyl adjacent to an activating group) is 1. The fourth-order valence-corrected chi connectivity index (χ4v) is 2.86. The van der Waals surface area contributed by atoms with E-state index < -0.39 is 0 Å². The number of carbonyl (C=O) groups excluding carboxylic acids is 1. The number of hydrogen-bond donors (Lipinski definition) is 2. The fourth-order valence-electron chi connectivity index (χ4n) is 2.86. The van der Waals surface area contributed by atoms with Crippen LogP contribution in [-0.2, 0) is 9.53 Å². The lowest BCUT2D eigenvalue weighted by Gasteiger charge is -2.26. The summed E-state index contributed by atoms with van der Waals surface area (Å²) in [4.78, 5) is 14.2. The largest absolute Gasteiger partial charge is 0.497 e. The van der Waals surface area contributed by atoms with E-state index in [4.69, 9.17) is 9.47 Å². The van der Waals surface area contributed by atoms with Gasteiger partial charge in [-0.05, 0) is 57.7 Å². The Balaban J connectivity index is 1.83. The van der Waals surface area contributed by atoms with Crippen LogP contribution in [0.1, 0.15) is 24.4 Å². The SMILES string of the molecule is COc1cccc(C(CNC(=O)COC2CCNCC2)N(C)C)c1. The molecule has 6 heteroatoms. The molecule has 1 heterocycles. The number of ether oxygens (including phenoxy) is 2. The van der Waals surface area contributed by atoms with Crippen molar-refractivity contribution in [3.63, 3.8) is 0 Å². The third-order valence-corrected chi connectivity index (χ3v) is 4.33. The molecule has 0 aromatic heterocycles. The third kappa shape index (κ3) is 5.78. The van der Waals surface area contributed by atoms with Crippen LogP contribution in [0.4, 0.5) is 0 Å². The van der Waals surface area contributed by atoms with Crippen molar-refractivity contribution in [1.82, 2.24) is 15.5 Å². The zero-order valence-electron chi connectivity index (χ0n) is 14.9. The molecule has 1 atom stereocenters. The van der Waals surface area contributed by atoms with Crippen LogP contribution in [0.3, 0.4) is 0 Å². The summed E-state index contributed by atoms with van der Waals surface area (Å²) < 4.78 is 11.0. The van der Waals surface area contributed by atoms with Crippen molar-refractivity contribution in [3.8, 4) is 5.75 Å². The van der Waals surface area contributed by atoms with Gasteiger partial charge in [-0.1, -0.05) is 12.1 Å². The number of methoxy groups -OCH3 is 1. The summed E-state index contributed by atoms with van der Waals surface area (Å²) in [6.45, 7) is 2.59. The van der Waals surface area contributed by atoms with Crippen molar-refractivity contribution in [2.24, 2.45) is 0 Å². The fraction of sp³-hybridized carbons (Fsp3) is 0.611. The average molecular weight is 335 g/mol. The van der Waals surface area contributed by atoms with Crippen molar-refractivity contribution in [2.75, 3.05) is 47.4 Å². The number of piperidine rings is 1. The molecular formula is C18H29N3O3. The van der Waals surface area contributed by atoms with Gasteiger partial charge in [-0.2, -0.15) is 0 Å². The van der Waals surface area contributed by atoms with Crippen LogP contribution in [0.25, 0.3) is 0 Å². The Morgan fingerprint density at radius 1 is 1.38 bits per heavy atom. The molecule has 1 amide bonds. The van der Waals surface area contributed by atoms with E-state index in [1.165, 1.54) is 0 Å². The molecule has 0 saturated carbocycles. The van der Waals surface area contributed by atoms with E-state index in [1.54, 1.807) is 7.11 Å². The minimum atomic E-state index is -0.0664. The molecule has 1 aromatic carbocycles. The molecule has 134 valence electrons. The standard InChI is InChI=1S/C18H29N3O3/c1-21(2)17(14-5-4-6-16(11-14)23-3)12-20-18(22)13-24-15-7-9-19-10-8-15/h4-6,11,15,17,19H,7-10,12-13H2,1-3H3,(H,20,22). The van der Waals surface area contributed by atoms with E-state index in [0.29, 0.717) is 6.54 Å². The predicted molar refractivity (Wildman–Crippen MR) is 94.3 cm³/mol. The van der Waals surface area contributed by atoms with Crippen molar-refractivity contribution in [2.45, 2.75) is 25.0 Å². The van der Waals surface area contributed by atoms with Gasteiger partial charge < -0.3 is 25.0 Å². The van der Waals surface area contributed by atoms with Gasteiger partial charge in [0.15, 0.2) is 0 Å². The van der Waals surface area contributed by atoms with E-state index in [2.05, 4.69) is 15.5 Å². The highest BCUT2D eigenvalue weighted by molar-refractivity contribution is 5.77. The Morgan fingerprint density at radius 2 is 2.12 bits per heavy atom. The molecule has 1 saturated heterocycles. The van der Waals surface area contributed by atoms with Gasteiger partial charge in [0, 0.05) is 6.54 Å². The highest BCUT2D eigenvalue weighted by Crippen LogP contribution is 2.22. The zero-order chi connectivity index (χ0) is 17.4. The number of carbonyl (C=O) groups is 1. The Bertz CT molecular complexity index is 516. The molecule has 0 radical (unpaired) electrons. The number of amides is 1. The molecule has 2 rings (SSSR count). The smallest absolute Gasteiger partial charge is 0.246 e. The second-order valence-electron chi connectivity index (χ2n) is 6.32. The first kappa shape index (κ1) is 18.7. The van der Waals surface area contributed by atoms with Gasteiger partial charge in [-0.3, -0.25) is 4.79 Å². The molecule has 1 unspecified atom stereocenters. The summed E-state index contributed by atoms with van der Waals surface area (Å²) in [6.07, 6.45) is 2.13. The molecule has 0 bridgehead atoms. The highest BCUT2D eigenvalue weighted by atomic mass is 16.5. The first-order chi connectivity index (χ1) is 11.6. The molecule has 2 N–H and O–H groups in total. The summed E-state index contributed by atoms with van der Waals surface area (Å²) in [5.74, 6) is 0.753. The van der Waals surface area contributed by atoms with Crippen LogP contribution in [0.2, 0.25) is 0 Å². The molecule has 0 spiro atoms. The van der Waals surface area contributed by atoms with Gasteiger partial charge in [0.2, 0.25) is 5.91 Å². The summed E-state index contributed by atoms with van der Waals surface area (Å²) in [5, 5.41) is 6.26. The lowest BCUT2D eigenvalue weighted by atomic mass is 10.1. The van der Waals surface area contributed by atoms with Crippen molar-refractivity contribution in [1.29, 1.82) is 0 Å². The van der Waals surface area contributed by atoms with Gasteiger partial charge in [0.25, 0.3) is 0 Å². The van der Waals surface area contributed by atoms with Crippen molar-refractivity contribution >= 4 is 5.91 Å². The molecule has 24 heavy (non-hydrogen) atoms. The maximum Gasteiger partial charge on any atom is 0.246 e. The van der Waals surface area contributed by atoms with E-state index in [-0.39, 0.29) is 24.7 Å². The first-order valence-electron chi connectivity index (χ1n) is 8.49. The molecule has 0 aliphatic carbocycles. The van der Waals surface area contributed by atoms with E-state index >= 15 is 0 Å². The average Bonchev–Trinajstić information content (AvgIpc) is 2.61. The second kappa shape index (κ2) is 9.61. The summed E-state index contributed by atoms with van der Waals surface area (Å²) in [7, 11) is 5.66. The van der Waals surface area contributed by atoms with E-state index in [9.17, 15) is 4.79 Å². The van der Waals surface area contributed by atoms with Crippen LogP contribution in [0, 0.1) is 0 Å². The van der Waals surface area contributed by atoms with Crippen LogP contribution < -0.4 is 15.4 Å². The first-order valence-corrected chi connectivity index (χ1v) is 8.49. The predicted octanol–water partition coefficient (Wildman–Crippen LogP) is 1.18. The number of rotatable bonds is 8. The lowest BCUT2D eigenvalue weighted by molar-refractivity contribution is -0.128. The number of hydrogen-bond acceptors (Lipinski definition) is 5. The quantitative estimate of drug-likeness (QED) is 0.747. The van der Waals surface area contributed by atoms with Crippen LogP contribution in [-0.4, -0.2) is 64.4 Å². The van der Waals surface area contributed by atoms with Gasteiger partial charge in [0.1, 0.15) is 12.4 Å². The normalized spacial score (nSPS) is 16.8. The van der Waals surface area contributed by atoms with Gasteiger partial charge >= 0.3 is 0 Å². The van der Waals surface area contributed by atoms with Crippen LogP contribution >= 0.6 is 0 Å². The minimum Gasteiger partial charge on any atom is -0.497 e. The van der Waals surface area contributed by atoms with Gasteiger partial charge in [0.05, 0.1) is 19.3 Å². The summed E-state index contributed by atoms with van der Waals surface area (Å²) in [5.41, 5.74) is 1.11. The molecule has 1 aromatic rings. The van der Waals surface area contributed by atoms with Crippen molar-refractivity contribution < 1.29 is 14.3 Å². The van der Waals surface area contributed by atoms with Crippen molar-refractivity contribution in [3.05, 3.63) is 29.8 Å². The monoisotopic (exact) mass is 335 g/mol. The maximum absolute atomic E-state index is 12.1. The zero-order valence-corrected chi connectivity index (χ0v) is 14.9. The van der Waals surface area contributed by atoms with E-state index in [1.807, 2.05) is 38.4 Å². The Hall–Kier alpha value is -1.63. The van der Waals surface area contributed by atoms with Crippen LogP contribution in [0.15, 0.2) is 24.3 Å². The molecule has 1 fully saturated rings. The molecule has 6 nitrogen and oxygen atoms in total. The van der Waals surface area contributed by atoms with Gasteiger partial charge in [-0.15, -0.1) is 0 Å². The summed E-state index contributed by atoms with van der Waals surface area (Å²) in [6, 6.07) is 8.02. The Morgan fingerprint density at radius 3 is 2.79 bits per heavy atom. The van der Waals surface area contributed by atoms with Crippen LogP contribution in [0.5, 0.6) is 5.75 Å². The number of nitrogens with one attached hydrogen (secondary N) is 2. The van der Waals surface area contributed by atoms with Gasteiger partial charge in [-0.25, -0.2) is 0 Å².